The van der Waals surface area contributed by atoms with Gasteiger partial charge in [-0.25, -0.2) is 0 Å². The Hall–Kier alpha value is -0.900. The maximum Gasteiger partial charge on any atom is 0.147 e. The smallest absolute Gasteiger partial charge is 0.147 e. The van der Waals surface area contributed by atoms with E-state index in [1.165, 1.54) is 25.1 Å². The van der Waals surface area contributed by atoms with E-state index in [0.29, 0.717) is 12.0 Å². The summed E-state index contributed by atoms with van der Waals surface area (Å²) in [6, 6.07) is 0.576. The quantitative estimate of drug-likeness (QED) is 0.851. The number of aromatic nitrogens is 3. The molecule has 1 unspecified atom stereocenters. The molecule has 2 rings (SSSR count). The van der Waals surface area contributed by atoms with Gasteiger partial charge >= 0.3 is 0 Å². The molecule has 0 radical (unpaired) electrons. The zero-order chi connectivity index (χ0) is 12.3. The fraction of sp³-hybridized carbons (Fsp3) is 0.846. The van der Waals surface area contributed by atoms with Crippen molar-refractivity contribution >= 4 is 0 Å². The summed E-state index contributed by atoms with van der Waals surface area (Å²) in [5, 5.41) is 12.2. The van der Waals surface area contributed by atoms with Crippen LogP contribution in [0.1, 0.15) is 51.7 Å². The summed E-state index contributed by atoms with van der Waals surface area (Å²) in [6.07, 6.45) is 4.78. The van der Waals surface area contributed by atoms with Gasteiger partial charge in [0.25, 0.3) is 0 Å². The second-order valence-electron chi connectivity index (χ2n) is 5.28. The zero-order valence-corrected chi connectivity index (χ0v) is 11.2. The minimum atomic E-state index is 0.576. The van der Waals surface area contributed by atoms with Crippen LogP contribution >= 0.6 is 0 Å². The third-order valence-corrected chi connectivity index (χ3v) is 3.70. The minimum absolute atomic E-state index is 0.576. The van der Waals surface area contributed by atoms with E-state index in [0.717, 1.165) is 25.3 Å². The molecule has 0 amide bonds. The normalized spacial score (nSPS) is 17.2. The van der Waals surface area contributed by atoms with Crippen molar-refractivity contribution in [3.05, 3.63) is 11.6 Å². The minimum Gasteiger partial charge on any atom is -0.314 e. The highest BCUT2D eigenvalue weighted by Crippen LogP contribution is 2.14. The molecule has 0 aromatic carbocycles. The molecule has 4 nitrogen and oxygen atoms in total. The first-order valence-electron chi connectivity index (χ1n) is 6.86. The van der Waals surface area contributed by atoms with E-state index in [2.05, 4.69) is 40.9 Å². The van der Waals surface area contributed by atoms with E-state index >= 15 is 0 Å². The van der Waals surface area contributed by atoms with E-state index in [1.807, 2.05) is 0 Å². The molecule has 0 saturated heterocycles. The van der Waals surface area contributed by atoms with Gasteiger partial charge in [0.2, 0.25) is 0 Å². The van der Waals surface area contributed by atoms with Gasteiger partial charge in [-0.1, -0.05) is 20.8 Å². The Kier molecular flexibility index (Phi) is 4.15. The molecule has 1 aliphatic heterocycles. The van der Waals surface area contributed by atoms with Crippen LogP contribution in [0.4, 0.5) is 0 Å². The summed E-state index contributed by atoms with van der Waals surface area (Å²) in [5.74, 6) is 2.95. The molecule has 0 bridgehead atoms. The molecule has 1 atom stereocenters. The predicted octanol–water partition coefficient (Wildman–Crippen LogP) is 2.14. The molecular weight excluding hydrogens is 212 g/mol. The summed E-state index contributed by atoms with van der Waals surface area (Å²) in [6.45, 7) is 8.71. The first-order valence-corrected chi connectivity index (χ1v) is 6.86. The Labute approximate surface area is 104 Å². The summed E-state index contributed by atoms with van der Waals surface area (Å²) in [4.78, 5) is 0. The van der Waals surface area contributed by atoms with Crippen LogP contribution in [0.2, 0.25) is 0 Å². The molecule has 1 aromatic heterocycles. The molecule has 0 fully saturated rings. The van der Waals surface area contributed by atoms with E-state index in [1.54, 1.807) is 0 Å². The van der Waals surface area contributed by atoms with E-state index in [9.17, 15) is 0 Å². The Morgan fingerprint density at radius 1 is 1.29 bits per heavy atom. The summed E-state index contributed by atoms with van der Waals surface area (Å²) in [7, 11) is 0. The molecular formula is C13H24N4. The number of rotatable bonds is 5. The van der Waals surface area contributed by atoms with Gasteiger partial charge in [-0.2, -0.15) is 0 Å². The second kappa shape index (κ2) is 5.63. The van der Waals surface area contributed by atoms with Gasteiger partial charge in [-0.05, 0) is 25.2 Å². The largest absolute Gasteiger partial charge is 0.314 e. The monoisotopic (exact) mass is 236 g/mol. The van der Waals surface area contributed by atoms with Crippen molar-refractivity contribution in [2.24, 2.45) is 5.92 Å². The summed E-state index contributed by atoms with van der Waals surface area (Å²) in [5.41, 5.74) is 0. The molecule has 0 saturated carbocycles. The lowest BCUT2D eigenvalue weighted by Crippen LogP contribution is -2.33. The first kappa shape index (κ1) is 12.6. The van der Waals surface area contributed by atoms with Crippen molar-refractivity contribution in [2.75, 3.05) is 0 Å². The standard InChI is InChI=1S/C13H24N4/c1-4-11(10(2)3)14-9-13-16-15-12-7-5-6-8-17(12)13/h10-11,14H,4-9H2,1-3H3. The lowest BCUT2D eigenvalue weighted by atomic mass is 10.0. The van der Waals surface area contributed by atoms with Crippen molar-refractivity contribution in [2.45, 2.75) is 65.6 Å². The fourth-order valence-corrected chi connectivity index (χ4v) is 2.57. The molecule has 0 spiro atoms. The van der Waals surface area contributed by atoms with Gasteiger partial charge in [0.15, 0.2) is 0 Å². The molecule has 1 aliphatic rings. The van der Waals surface area contributed by atoms with Gasteiger partial charge in [0.1, 0.15) is 11.6 Å². The first-order chi connectivity index (χ1) is 8.22. The summed E-state index contributed by atoms with van der Waals surface area (Å²) < 4.78 is 2.30. The highest BCUT2D eigenvalue weighted by Gasteiger charge is 2.17. The fourth-order valence-electron chi connectivity index (χ4n) is 2.57. The predicted molar refractivity (Wildman–Crippen MR) is 68.7 cm³/mol. The molecule has 17 heavy (non-hydrogen) atoms. The maximum atomic E-state index is 4.31. The molecule has 0 aliphatic carbocycles. The lowest BCUT2D eigenvalue weighted by Gasteiger charge is -2.21. The molecule has 1 aromatic rings. The Balaban J connectivity index is 1.97. The highest BCUT2D eigenvalue weighted by molar-refractivity contribution is 4.98. The number of nitrogens with one attached hydrogen (secondary N) is 1. The van der Waals surface area contributed by atoms with Gasteiger partial charge in [-0.3, -0.25) is 0 Å². The molecule has 4 heteroatoms. The van der Waals surface area contributed by atoms with Crippen LogP contribution in [-0.4, -0.2) is 20.8 Å². The van der Waals surface area contributed by atoms with Gasteiger partial charge in [0.05, 0.1) is 6.54 Å². The van der Waals surface area contributed by atoms with Gasteiger partial charge in [-0.15, -0.1) is 10.2 Å². The average molecular weight is 236 g/mol. The second-order valence-corrected chi connectivity index (χ2v) is 5.28. The topological polar surface area (TPSA) is 42.7 Å². The van der Waals surface area contributed by atoms with Crippen molar-refractivity contribution in [3.8, 4) is 0 Å². The van der Waals surface area contributed by atoms with Gasteiger partial charge in [0, 0.05) is 19.0 Å². The number of nitrogens with zero attached hydrogens (tertiary/aromatic N) is 3. The van der Waals surface area contributed by atoms with Crippen molar-refractivity contribution in [1.82, 2.24) is 20.1 Å². The number of aryl methyl sites for hydroxylation is 1. The average Bonchev–Trinajstić information content (AvgIpc) is 2.73. The van der Waals surface area contributed by atoms with Crippen molar-refractivity contribution in [3.63, 3.8) is 0 Å². The highest BCUT2D eigenvalue weighted by atomic mass is 15.3. The van der Waals surface area contributed by atoms with E-state index in [-0.39, 0.29) is 0 Å². The Bertz CT molecular complexity index is 356. The molecule has 2 heterocycles. The molecule has 96 valence electrons. The van der Waals surface area contributed by atoms with Crippen LogP contribution in [0.15, 0.2) is 0 Å². The van der Waals surface area contributed by atoms with Crippen LogP contribution in [0.25, 0.3) is 0 Å². The Morgan fingerprint density at radius 2 is 2.12 bits per heavy atom. The summed E-state index contributed by atoms with van der Waals surface area (Å²) >= 11 is 0. The third-order valence-electron chi connectivity index (χ3n) is 3.70. The maximum absolute atomic E-state index is 4.31. The van der Waals surface area contributed by atoms with Gasteiger partial charge < -0.3 is 9.88 Å². The number of hydrogen-bond donors (Lipinski definition) is 1. The molecule has 1 N–H and O–H groups in total. The van der Waals surface area contributed by atoms with Crippen LogP contribution in [0, 0.1) is 5.92 Å². The van der Waals surface area contributed by atoms with Crippen LogP contribution < -0.4 is 5.32 Å². The lowest BCUT2D eigenvalue weighted by molar-refractivity contribution is 0.377. The SMILES string of the molecule is CCC(NCc1nnc2n1CCCC2)C(C)C. The number of fused-ring (bicyclic) bond motifs is 1. The zero-order valence-electron chi connectivity index (χ0n) is 11.2. The van der Waals surface area contributed by atoms with E-state index < -0.39 is 0 Å². The van der Waals surface area contributed by atoms with Crippen LogP contribution in [0.3, 0.4) is 0 Å². The van der Waals surface area contributed by atoms with Crippen LogP contribution in [0.5, 0.6) is 0 Å². The van der Waals surface area contributed by atoms with Crippen LogP contribution in [-0.2, 0) is 19.5 Å². The third kappa shape index (κ3) is 2.86. The van der Waals surface area contributed by atoms with Crippen molar-refractivity contribution in [1.29, 1.82) is 0 Å². The Morgan fingerprint density at radius 3 is 2.82 bits per heavy atom. The van der Waals surface area contributed by atoms with E-state index in [4.69, 9.17) is 0 Å². The van der Waals surface area contributed by atoms with Crippen molar-refractivity contribution < 1.29 is 0 Å². The number of hydrogen-bond acceptors (Lipinski definition) is 3.